The number of anilines is 1. The van der Waals surface area contributed by atoms with E-state index in [4.69, 9.17) is 0 Å². The van der Waals surface area contributed by atoms with Gasteiger partial charge in [-0.2, -0.15) is 0 Å². The third kappa shape index (κ3) is 3.22. The first-order valence-electron chi connectivity index (χ1n) is 6.56. The lowest BCUT2D eigenvalue weighted by molar-refractivity contribution is -0.384. The Hall–Kier alpha value is -2.32. The van der Waals surface area contributed by atoms with Gasteiger partial charge < -0.3 is 0 Å². The summed E-state index contributed by atoms with van der Waals surface area (Å²) in [5.74, 6) is -0.448. The largest absolute Gasteiger partial charge is 0.298 e. The molecule has 8 heteroatoms. The highest BCUT2D eigenvalue weighted by molar-refractivity contribution is 9.10. The van der Waals surface area contributed by atoms with Gasteiger partial charge in [0.15, 0.2) is 5.13 Å². The standard InChI is InChI=1S/C15H10BrN3O3S/c1-8-2-5-12-13(6-8)23-15(17-12)18-14(20)10-7-9(19(21)22)3-4-11(10)16/h2-7H,1H3,(H,17,18,20). The second kappa shape index (κ2) is 6.05. The lowest BCUT2D eigenvalue weighted by atomic mass is 10.2. The fraction of sp³-hybridized carbons (Fsp3) is 0.0667. The van der Waals surface area contributed by atoms with Gasteiger partial charge >= 0.3 is 0 Å². The molecular weight excluding hydrogens is 382 g/mol. The topological polar surface area (TPSA) is 85.1 Å². The van der Waals surface area contributed by atoms with E-state index >= 15 is 0 Å². The van der Waals surface area contributed by atoms with Crippen LogP contribution in [0.3, 0.4) is 0 Å². The van der Waals surface area contributed by atoms with Crippen LogP contribution in [0.4, 0.5) is 10.8 Å². The van der Waals surface area contributed by atoms with E-state index in [1.165, 1.54) is 29.5 Å². The zero-order valence-corrected chi connectivity index (χ0v) is 14.3. The van der Waals surface area contributed by atoms with Gasteiger partial charge in [-0.3, -0.25) is 20.2 Å². The number of amides is 1. The molecule has 0 spiro atoms. The van der Waals surface area contributed by atoms with Crippen molar-refractivity contribution in [2.75, 3.05) is 5.32 Å². The third-order valence-electron chi connectivity index (χ3n) is 3.17. The van der Waals surface area contributed by atoms with Gasteiger partial charge in [0.05, 0.1) is 20.7 Å². The molecule has 1 amide bonds. The second-order valence-electron chi connectivity index (χ2n) is 4.87. The average molecular weight is 392 g/mol. The SMILES string of the molecule is Cc1ccc2nc(NC(=O)c3cc([N+](=O)[O-])ccc3Br)sc2c1. The van der Waals surface area contributed by atoms with Crippen molar-refractivity contribution in [1.82, 2.24) is 4.98 Å². The highest BCUT2D eigenvalue weighted by atomic mass is 79.9. The Morgan fingerprint density at radius 3 is 2.83 bits per heavy atom. The Labute approximate surface area is 143 Å². The number of benzene rings is 2. The van der Waals surface area contributed by atoms with Crippen LogP contribution in [0.15, 0.2) is 40.9 Å². The van der Waals surface area contributed by atoms with Gasteiger partial charge in [0.25, 0.3) is 11.6 Å². The number of hydrogen-bond acceptors (Lipinski definition) is 5. The first kappa shape index (κ1) is 15.6. The van der Waals surface area contributed by atoms with Crippen LogP contribution in [0.1, 0.15) is 15.9 Å². The minimum absolute atomic E-state index is 0.140. The van der Waals surface area contributed by atoms with Crippen LogP contribution < -0.4 is 5.32 Å². The number of nitro benzene ring substituents is 1. The lowest BCUT2D eigenvalue weighted by Gasteiger charge is -2.04. The number of rotatable bonds is 3. The number of fused-ring (bicyclic) bond motifs is 1. The molecule has 3 aromatic rings. The number of carbonyl (C=O) groups excluding carboxylic acids is 1. The van der Waals surface area contributed by atoms with Gasteiger partial charge in [-0.1, -0.05) is 17.4 Å². The van der Waals surface area contributed by atoms with Gasteiger partial charge in [0.1, 0.15) is 0 Å². The summed E-state index contributed by atoms with van der Waals surface area (Å²) in [6.07, 6.45) is 0. The number of carbonyl (C=O) groups is 1. The highest BCUT2D eigenvalue weighted by Crippen LogP contribution is 2.28. The maximum Gasteiger partial charge on any atom is 0.270 e. The summed E-state index contributed by atoms with van der Waals surface area (Å²) in [7, 11) is 0. The molecule has 23 heavy (non-hydrogen) atoms. The van der Waals surface area contributed by atoms with Crippen molar-refractivity contribution in [1.29, 1.82) is 0 Å². The number of aryl methyl sites for hydroxylation is 1. The monoisotopic (exact) mass is 391 g/mol. The molecule has 0 bridgehead atoms. The number of aromatic nitrogens is 1. The molecule has 3 rings (SSSR count). The molecule has 0 saturated carbocycles. The number of thiazole rings is 1. The quantitative estimate of drug-likeness (QED) is 0.524. The number of nitrogens with zero attached hydrogens (tertiary/aromatic N) is 2. The Kier molecular flexibility index (Phi) is 4.10. The van der Waals surface area contributed by atoms with Crippen molar-refractivity contribution >= 4 is 54.2 Å². The van der Waals surface area contributed by atoms with Crippen molar-refractivity contribution in [2.45, 2.75) is 6.92 Å². The van der Waals surface area contributed by atoms with Gasteiger partial charge in [0.2, 0.25) is 0 Å². The van der Waals surface area contributed by atoms with Crippen LogP contribution in [0.25, 0.3) is 10.2 Å². The third-order valence-corrected chi connectivity index (χ3v) is 4.79. The molecule has 1 N–H and O–H groups in total. The molecule has 2 aromatic carbocycles. The molecule has 116 valence electrons. The van der Waals surface area contributed by atoms with Crippen LogP contribution >= 0.6 is 27.3 Å². The van der Waals surface area contributed by atoms with E-state index < -0.39 is 10.8 Å². The molecule has 0 saturated heterocycles. The van der Waals surface area contributed by atoms with Crippen molar-refractivity contribution in [3.05, 3.63) is 62.1 Å². The summed E-state index contributed by atoms with van der Waals surface area (Å²) in [6, 6.07) is 9.88. The van der Waals surface area contributed by atoms with E-state index in [1.807, 2.05) is 25.1 Å². The zero-order valence-electron chi connectivity index (χ0n) is 11.9. The van der Waals surface area contributed by atoms with E-state index in [9.17, 15) is 14.9 Å². The first-order chi connectivity index (χ1) is 10.9. The van der Waals surface area contributed by atoms with Gasteiger partial charge in [-0.25, -0.2) is 4.98 Å². The fourth-order valence-corrected chi connectivity index (χ4v) is 3.44. The molecule has 0 atom stereocenters. The number of nitrogens with one attached hydrogen (secondary N) is 1. The van der Waals surface area contributed by atoms with E-state index in [0.29, 0.717) is 9.60 Å². The minimum atomic E-state index is -0.538. The van der Waals surface area contributed by atoms with Crippen molar-refractivity contribution in [3.63, 3.8) is 0 Å². The van der Waals surface area contributed by atoms with Crippen LogP contribution in [-0.2, 0) is 0 Å². The maximum absolute atomic E-state index is 12.4. The zero-order chi connectivity index (χ0) is 16.6. The molecule has 0 aliphatic heterocycles. The smallest absolute Gasteiger partial charge is 0.270 e. The summed E-state index contributed by atoms with van der Waals surface area (Å²) in [5.41, 5.74) is 1.96. The fourth-order valence-electron chi connectivity index (χ4n) is 2.05. The molecule has 0 aliphatic carbocycles. The van der Waals surface area contributed by atoms with Crippen LogP contribution in [0, 0.1) is 17.0 Å². The van der Waals surface area contributed by atoms with E-state index in [2.05, 4.69) is 26.2 Å². The van der Waals surface area contributed by atoms with E-state index in [-0.39, 0.29) is 11.3 Å². The highest BCUT2D eigenvalue weighted by Gasteiger charge is 2.17. The molecule has 6 nitrogen and oxygen atoms in total. The molecule has 1 aromatic heterocycles. The van der Waals surface area contributed by atoms with Gasteiger partial charge in [-0.15, -0.1) is 0 Å². The van der Waals surface area contributed by atoms with Crippen LogP contribution in [-0.4, -0.2) is 15.8 Å². The Bertz CT molecular complexity index is 939. The van der Waals surface area contributed by atoms with Crippen molar-refractivity contribution in [3.8, 4) is 0 Å². The predicted molar refractivity (Wildman–Crippen MR) is 93.1 cm³/mol. The summed E-state index contributed by atoms with van der Waals surface area (Å²) in [5, 5.41) is 14.0. The number of halogens is 1. The van der Waals surface area contributed by atoms with Crippen LogP contribution in [0.5, 0.6) is 0 Å². The first-order valence-corrected chi connectivity index (χ1v) is 8.17. The molecule has 0 unspecified atom stereocenters. The Balaban J connectivity index is 1.91. The second-order valence-corrected chi connectivity index (χ2v) is 6.75. The van der Waals surface area contributed by atoms with Crippen molar-refractivity contribution in [2.24, 2.45) is 0 Å². The summed E-state index contributed by atoms with van der Waals surface area (Å²) in [4.78, 5) is 27.0. The van der Waals surface area contributed by atoms with E-state index in [1.54, 1.807) is 0 Å². The molecule has 0 aliphatic rings. The van der Waals surface area contributed by atoms with Gasteiger partial charge in [0, 0.05) is 16.6 Å². The Morgan fingerprint density at radius 1 is 1.30 bits per heavy atom. The average Bonchev–Trinajstić information content (AvgIpc) is 2.88. The number of hydrogen-bond donors (Lipinski definition) is 1. The summed E-state index contributed by atoms with van der Waals surface area (Å²) >= 11 is 4.60. The normalized spacial score (nSPS) is 10.7. The van der Waals surface area contributed by atoms with Crippen LogP contribution in [0.2, 0.25) is 0 Å². The molecular formula is C15H10BrN3O3S. The minimum Gasteiger partial charge on any atom is -0.298 e. The number of non-ortho nitro benzene ring substituents is 1. The summed E-state index contributed by atoms with van der Waals surface area (Å²) < 4.78 is 1.45. The molecule has 0 radical (unpaired) electrons. The Morgan fingerprint density at radius 2 is 2.09 bits per heavy atom. The molecule has 0 fully saturated rings. The molecule has 1 heterocycles. The maximum atomic E-state index is 12.4. The lowest BCUT2D eigenvalue weighted by Crippen LogP contribution is -2.12. The van der Waals surface area contributed by atoms with Crippen molar-refractivity contribution < 1.29 is 9.72 Å². The van der Waals surface area contributed by atoms with Gasteiger partial charge in [-0.05, 0) is 46.6 Å². The van der Waals surface area contributed by atoms with E-state index in [0.717, 1.165) is 15.8 Å². The summed E-state index contributed by atoms with van der Waals surface area (Å²) in [6.45, 7) is 1.98. The predicted octanol–water partition coefficient (Wildman–Crippen LogP) is 4.53. The number of nitro groups is 1.